The van der Waals surface area contributed by atoms with Gasteiger partial charge in [0, 0.05) is 5.39 Å². The lowest BCUT2D eigenvalue weighted by Gasteiger charge is -2.36. The van der Waals surface area contributed by atoms with Crippen molar-refractivity contribution in [2.75, 3.05) is 11.9 Å². The molecule has 1 aliphatic heterocycles. The summed E-state index contributed by atoms with van der Waals surface area (Å²) < 4.78 is 0.967. The number of hydrogen-bond acceptors (Lipinski definition) is 5. The van der Waals surface area contributed by atoms with Crippen molar-refractivity contribution in [1.29, 1.82) is 0 Å². The van der Waals surface area contributed by atoms with Crippen LogP contribution in [0.2, 0.25) is 0 Å². The number of nitrogens with zero attached hydrogens (tertiary/aromatic N) is 2. The van der Waals surface area contributed by atoms with E-state index in [0.717, 1.165) is 45.2 Å². The van der Waals surface area contributed by atoms with Gasteiger partial charge >= 0.3 is 6.03 Å². The van der Waals surface area contributed by atoms with Crippen molar-refractivity contribution in [2.24, 2.45) is 5.92 Å². The number of fused-ring (bicyclic) bond motifs is 3. The second-order valence-corrected chi connectivity index (χ2v) is 9.17. The third-order valence-corrected chi connectivity index (χ3v) is 7.27. The maximum atomic E-state index is 13.0. The second kappa shape index (κ2) is 7.05. The predicted octanol–water partition coefficient (Wildman–Crippen LogP) is 3.89. The zero-order valence-corrected chi connectivity index (χ0v) is 17.4. The molecule has 8 heteroatoms. The van der Waals surface area contributed by atoms with Crippen LogP contribution >= 0.6 is 11.3 Å². The van der Waals surface area contributed by atoms with Gasteiger partial charge in [0.05, 0.1) is 10.2 Å². The summed E-state index contributed by atoms with van der Waals surface area (Å²) in [5.41, 5.74) is -0.0249. The molecule has 2 unspecified atom stereocenters. The Morgan fingerprint density at radius 1 is 1.27 bits per heavy atom. The Bertz CT molecular complexity index is 1190. The summed E-state index contributed by atoms with van der Waals surface area (Å²) in [5.74, 6) is -0.652. The molecule has 2 heterocycles. The van der Waals surface area contributed by atoms with E-state index in [1.165, 1.54) is 11.3 Å². The molecule has 0 radical (unpaired) electrons. The van der Waals surface area contributed by atoms with Gasteiger partial charge in [-0.2, -0.15) is 0 Å². The Morgan fingerprint density at radius 3 is 2.93 bits per heavy atom. The summed E-state index contributed by atoms with van der Waals surface area (Å²) in [4.78, 5) is 43.8. The largest absolute Gasteiger partial charge is 0.325 e. The van der Waals surface area contributed by atoms with Crippen molar-refractivity contribution in [1.82, 2.24) is 15.2 Å². The predicted molar refractivity (Wildman–Crippen MR) is 116 cm³/mol. The van der Waals surface area contributed by atoms with Crippen molar-refractivity contribution < 1.29 is 14.4 Å². The van der Waals surface area contributed by atoms with Crippen molar-refractivity contribution in [2.45, 2.75) is 38.1 Å². The minimum absolute atomic E-state index is 0.0632. The number of carbonyl (C=O) groups excluding carboxylic acids is 3. The normalized spacial score (nSPS) is 24.0. The van der Waals surface area contributed by atoms with Gasteiger partial charge in [0.15, 0.2) is 5.13 Å². The van der Waals surface area contributed by atoms with E-state index in [1.807, 2.05) is 43.3 Å². The SMILES string of the molecule is CC1CCCCC12NC(=O)N(CC(=O)Nc1nc3c(ccc4ccccc43)s1)C2=O. The molecule has 0 bridgehead atoms. The zero-order valence-electron chi connectivity index (χ0n) is 16.6. The molecule has 5 rings (SSSR count). The van der Waals surface area contributed by atoms with E-state index in [1.54, 1.807) is 0 Å². The van der Waals surface area contributed by atoms with Crippen LogP contribution in [-0.2, 0) is 9.59 Å². The van der Waals surface area contributed by atoms with Crippen LogP contribution in [0.1, 0.15) is 32.6 Å². The molecule has 1 saturated heterocycles. The molecule has 3 aromatic rings. The summed E-state index contributed by atoms with van der Waals surface area (Å²) >= 11 is 1.37. The molecule has 1 saturated carbocycles. The molecule has 1 spiro atoms. The van der Waals surface area contributed by atoms with Crippen LogP contribution in [0.4, 0.5) is 9.93 Å². The van der Waals surface area contributed by atoms with Crippen molar-refractivity contribution in [3.05, 3.63) is 36.4 Å². The zero-order chi connectivity index (χ0) is 20.9. The van der Waals surface area contributed by atoms with E-state index in [9.17, 15) is 14.4 Å². The van der Waals surface area contributed by atoms with Crippen molar-refractivity contribution in [3.8, 4) is 0 Å². The summed E-state index contributed by atoms with van der Waals surface area (Å²) in [6, 6.07) is 11.5. The highest BCUT2D eigenvalue weighted by atomic mass is 32.1. The molecule has 2 fully saturated rings. The minimum Gasteiger partial charge on any atom is -0.323 e. The number of amides is 4. The number of imide groups is 1. The summed E-state index contributed by atoms with van der Waals surface area (Å²) in [5, 5.41) is 8.20. The molecule has 1 aromatic heterocycles. The highest BCUT2D eigenvalue weighted by Gasteiger charge is 2.55. The molecule has 2 aliphatic rings. The summed E-state index contributed by atoms with van der Waals surface area (Å²) in [7, 11) is 0. The van der Waals surface area contributed by atoms with Crippen LogP contribution in [0.25, 0.3) is 21.0 Å². The fourth-order valence-electron chi connectivity index (χ4n) is 4.66. The van der Waals surface area contributed by atoms with Gasteiger partial charge in [-0.3, -0.25) is 14.5 Å². The summed E-state index contributed by atoms with van der Waals surface area (Å²) in [6.07, 6.45) is 3.47. The van der Waals surface area contributed by atoms with Gasteiger partial charge in [0.2, 0.25) is 5.91 Å². The lowest BCUT2D eigenvalue weighted by Crippen LogP contribution is -2.54. The number of urea groups is 1. The fourth-order valence-corrected chi connectivity index (χ4v) is 5.55. The van der Waals surface area contributed by atoms with Gasteiger partial charge in [-0.1, -0.05) is 61.4 Å². The van der Waals surface area contributed by atoms with Crippen LogP contribution in [-0.4, -0.2) is 39.8 Å². The molecule has 30 heavy (non-hydrogen) atoms. The molecule has 4 amide bonds. The number of nitrogens with one attached hydrogen (secondary N) is 2. The Hall–Kier alpha value is -3.00. The van der Waals surface area contributed by atoms with Gasteiger partial charge in [-0.05, 0) is 30.2 Å². The Kier molecular flexibility index (Phi) is 4.47. The van der Waals surface area contributed by atoms with Crippen LogP contribution in [0, 0.1) is 5.92 Å². The molecule has 1 aliphatic carbocycles. The van der Waals surface area contributed by atoms with Crippen LogP contribution in [0.3, 0.4) is 0 Å². The fraction of sp³-hybridized carbons (Fsp3) is 0.364. The minimum atomic E-state index is -0.857. The van der Waals surface area contributed by atoms with E-state index in [4.69, 9.17) is 0 Å². The van der Waals surface area contributed by atoms with E-state index in [-0.39, 0.29) is 18.4 Å². The lowest BCUT2D eigenvalue weighted by molar-refractivity contribution is -0.136. The number of anilines is 1. The number of rotatable bonds is 3. The van der Waals surface area contributed by atoms with E-state index < -0.39 is 17.5 Å². The molecular weight excluding hydrogens is 400 g/mol. The van der Waals surface area contributed by atoms with Crippen LogP contribution < -0.4 is 10.6 Å². The molecule has 2 atom stereocenters. The van der Waals surface area contributed by atoms with Gasteiger partial charge in [-0.25, -0.2) is 9.78 Å². The number of carbonyl (C=O) groups is 3. The molecule has 7 nitrogen and oxygen atoms in total. The van der Waals surface area contributed by atoms with E-state index in [0.29, 0.717) is 11.6 Å². The first-order valence-corrected chi connectivity index (χ1v) is 11.0. The number of hydrogen-bond donors (Lipinski definition) is 2. The van der Waals surface area contributed by atoms with E-state index in [2.05, 4.69) is 15.6 Å². The Morgan fingerprint density at radius 2 is 2.10 bits per heavy atom. The molecule has 2 N–H and O–H groups in total. The first kappa shape index (κ1) is 19.0. The van der Waals surface area contributed by atoms with Crippen molar-refractivity contribution >= 4 is 55.3 Å². The molecule has 2 aromatic carbocycles. The maximum absolute atomic E-state index is 13.0. The van der Waals surface area contributed by atoms with Gasteiger partial charge < -0.3 is 10.6 Å². The number of thiazole rings is 1. The Labute approximate surface area is 177 Å². The molecule has 154 valence electrons. The Balaban J connectivity index is 1.34. The lowest BCUT2D eigenvalue weighted by atomic mass is 9.73. The van der Waals surface area contributed by atoms with E-state index >= 15 is 0 Å². The first-order valence-electron chi connectivity index (χ1n) is 10.2. The van der Waals surface area contributed by atoms with Crippen molar-refractivity contribution in [3.63, 3.8) is 0 Å². The van der Waals surface area contributed by atoms with Gasteiger partial charge in [0.1, 0.15) is 12.1 Å². The third kappa shape index (κ3) is 2.94. The smallest absolute Gasteiger partial charge is 0.323 e. The van der Waals surface area contributed by atoms with Gasteiger partial charge in [0.25, 0.3) is 5.91 Å². The first-order chi connectivity index (χ1) is 14.5. The highest BCUT2D eigenvalue weighted by molar-refractivity contribution is 7.22. The average Bonchev–Trinajstić information content (AvgIpc) is 3.25. The number of aromatic nitrogens is 1. The quantitative estimate of drug-likeness (QED) is 0.627. The molecular formula is C22H22N4O3S. The topological polar surface area (TPSA) is 91.4 Å². The van der Waals surface area contributed by atoms with Gasteiger partial charge in [-0.15, -0.1) is 0 Å². The van der Waals surface area contributed by atoms with Crippen LogP contribution in [0.15, 0.2) is 36.4 Å². The monoisotopic (exact) mass is 422 g/mol. The van der Waals surface area contributed by atoms with Crippen LogP contribution in [0.5, 0.6) is 0 Å². The number of benzene rings is 2. The maximum Gasteiger partial charge on any atom is 0.325 e. The average molecular weight is 423 g/mol. The summed E-state index contributed by atoms with van der Waals surface area (Å²) in [6.45, 7) is 1.68. The third-order valence-electron chi connectivity index (χ3n) is 6.33. The standard InChI is InChI=1S/C22H22N4O3S/c1-13-6-4-5-11-22(13)19(28)26(21(29)25-22)12-17(27)23-20-24-18-15-8-3-2-7-14(15)9-10-16(18)30-20/h2-3,7-10,13H,4-6,11-12H2,1H3,(H,25,29)(H,23,24,27). The second-order valence-electron chi connectivity index (χ2n) is 8.14. The highest BCUT2D eigenvalue weighted by Crippen LogP contribution is 2.38.